The predicted molar refractivity (Wildman–Crippen MR) is 99.8 cm³/mol. The molecular weight excluding hydrogens is 344 g/mol. The summed E-state index contributed by atoms with van der Waals surface area (Å²) in [5.41, 5.74) is 0. The van der Waals surface area contributed by atoms with Crippen molar-refractivity contribution in [3.63, 3.8) is 0 Å². The SMILES string of the molecule is CC(=O)SCCCCCN1CC(=O)N(COCC[Si](C)(C)C)C1=O. The largest absolute Gasteiger partial charge is 0.361 e. The summed E-state index contributed by atoms with van der Waals surface area (Å²) in [6.45, 7) is 9.75. The van der Waals surface area contributed by atoms with Crippen LogP contribution in [0.3, 0.4) is 0 Å². The summed E-state index contributed by atoms with van der Waals surface area (Å²) < 4.78 is 5.52. The highest BCUT2D eigenvalue weighted by Gasteiger charge is 2.35. The van der Waals surface area contributed by atoms with Crippen LogP contribution in [0, 0.1) is 0 Å². The van der Waals surface area contributed by atoms with Crippen LogP contribution in [0.2, 0.25) is 25.7 Å². The molecule has 1 aliphatic heterocycles. The Labute approximate surface area is 150 Å². The van der Waals surface area contributed by atoms with Crippen molar-refractivity contribution in [3.8, 4) is 0 Å². The van der Waals surface area contributed by atoms with Crippen LogP contribution in [0.15, 0.2) is 0 Å². The van der Waals surface area contributed by atoms with E-state index in [2.05, 4.69) is 19.6 Å². The van der Waals surface area contributed by atoms with E-state index >= 15 is 0 Å². The van der Waals surface area contributed by atoms with Gasteiger partial charge in [-0.05, 0) is 18.9 Å². The molecule has 0 aromatic heterocycles. The van der Waals surface area contributed by atoms with Gasteiger partial charge in [0.15, 0.2) is 5.12 Å². The molecule has 0 radical (unpaired) electrons. The zero-order chi connectivity index (χ0) is 18.2. The van der Waals surface area contributed by atoms with Gasteiger partial charge in [-0.2, -0.15) is 0 Å². The minimum absolute atomic E-state index is 0.0634. The molecule has 3 amide bonds. The average Bonchev–Trinajstić information content (AvgIpc) is 2.72. The van der Waals surface area contributed by atoms with Crippen molar-refractivity contribution in [2.45, 2.75) is 51.9 Å². The number of rotatable bonds is 11. The molecular formula is C16H30N2O4SSi. The smallest absolute Gasteiger partial charge is 0.329 e. The molecule has 1 fully saturated rings. The summed E-state index contributed by atoms with van der Waals surface area (Å²) in [4.78, 5) is 37.8. The summed E-state index contributed by atoms with van der Waals surface area (Å²) in [6, 6.07) is 0.775. The second kappa shape index (κ2) is 10.2. The molecule has 0 bridgehead atoms. The van der Waals surface area contributed by atoms with E-state index in [1.807, 2.05) is 0 Å². The van der Waals surface area contributed by atoms with Gasteiger partial charge in [-0.3, -0.25) is 9.59 Å². The minimum Gasteiger partial charge on any atom is -0.361 e. The van der Waals surface area contributed by atoms with Crippen LogP contribution in [0.25, 0.3) is 0 Å². The first-order chi connectivity index (χ1) is 11.2. The molecule has 0 aromatic carbocycles. The summed E-state index contributed by atoms with van der Waals surface area (Å²) in [5.74, 6) is 0.638. The Balaban J connectivity index is 2.22. The first-order valence-corrected chi connectivity index (χ1v) is 13.2. The second-order valence-electron chi connectivity index (χ2n) is 7.27. The van der Waals surface area contributed by atoms with E-state index in [0.29, 0.717) is 13.2 Å². The lowest BCUT2D eigenvalue weighted by Crippen LogP contribution is -2.35. The molecule has 6 nitrogen and oxygen atoms in total. The van der Waals surface area contributed by atoms with Crippen molar-refractivity contribution in [1.82, 2.24) is 9.80 Å². The molecule has 1 saturated heterocycles. The van der Waals surface area contributed by atoms with Gasteiger partial charge in [0.05, 0.1) is 0 Å². The van der Waals surface area contributed by atoms with Crippen molar-refractivity contribution in [2.75, 3.05) is 32.2 Å². The van der Waals surface area contributed by atoms with Crippen molar-refractivity contribution in [1.29, 1.82) is 0 Å². The third-order valence-electron chi connectivity index (χ3n) is 3.72. The van der Waals surface area contributed by atoms with Crippen molar-refractivity contribution in [3.05, 3.63) is 0 Å². The van der Waals surface area contributed by atoms with Gasteiger partial charge >= 0.3 is 6.03 Å². The summed E-state index contributed by atoms with van der Waals surface area (Å²) in [6.07, 6.45) is 2.75. The van der Waals surface area contributed by atoms with Crippen LogP contribution in [0.5, 0.6) is 0 Å². The van der Waals surface area contributed by atoms with E-state index < -0.39 is 8.07 Å². The minimum atomic E-state index is -1.16. The first kappa shape index (κ1) is 21.2. The first-order valence-electron chi connectivity index (χ1n) is 8.51. The van der Waals surface area contributed by atoms with Gasteiger partial charge in [-0.25, -0.2) is 9.69 Å². The number of imide groups is 1. The lowest BCUT2D eigenvalue weighted by atomic mass is 10.2. The molecule has 0 aliphatic carbocycles. The van der Waals surface area contributed by atoms with E-state index in [0.717, 1.165) is 31.1 Å². The molecule has 138 valence electrons. The number of nitrogens with zero attached hydrogens (tertiary/aromatic N) is 2. The zero-order valence-corrected chi connectivity index (χ0v) is 17.1. The van der Waals surface area contributed by atoms with E-state index in [-0.39, 0.29) is 30.3 Å². The van der Waals surface area contributed by atoms with Gasteiger partial charge in [0.2, 0.25) is 0 Å². The van der Waals surface area contributed by atoms with E-state index in [1.54, 1.807) is 11.8 Å². The van der Waals surface area contributed by atoms with Gasteiger partial charge in [-0.1, -0.05) is 37.8 Å². The Morgan fingerprint density at radius 1 is 1.21 bits per heavy atom. The van der Waals surface area contributed by atoms with Crippen LogP contribution < -0.4 is 0 Å². The van der Waals surface area contributed by atoms with Gasteiger partial charge in [0, 0.05) is 33.9 Å². The van der Waals surface area contributed by atoms with Crippen molar-refractivity contribution < 1.29 is 19.1 Å². The molecule has 0 spiro atoms. The molecule has 0 atom stereocenters. The fourth-order valence-corrected chi connectivity index (χ4v) is 3.62. The Hall–Kier alpha value is -0.863. The number of urea groups is 1. The Morgan fingerprint density at radius 2 is 1.92 bits per heavy atom. The van der Waals surface area contributed by atoms with Crippen LogP contribution >= 0.6 is 11.8 Å². The normalized spacial score (nSPS) is 15.5. The van der Waals surface area contributed by atoms with E-state index in [1.165, 1.54) is 16.7 Å². The highest BCUT2D eigenvalue weighted by molar-refractivity contribution is 8.13. The topological polar surface area (TPSA) is 66.9 Å². The van der Waals surface area contributed by atoms with Gasteiger partial charge in [-0.15, -0.1) is 0 Å². The van der Waals surface area contributed by atoms with Gasteiger partial charge in [0.1, 0.15) is 13.3 Å². The number of carbonyl (C=O) groups is 3. The Kier molecular flexibility index (Phi) is 9.00. The summed E-state index contributed by atoms with van der Waals surface area (Å²) >= 11 is 1.33. The number of thioether (sulfide) groups is 1. The maximum absolute atomic E-state index is 12.2. The quantitative estimate of drug-likeness (QED) is 0.316. The van der Waals surface area contributed by atoms with Gasteiger partial charge in [0.25, 0.3) is 5.91 Å². The summed E-state index contributed by atoms with van der Waals surface area (Å²) in [5, 5.41) is 0.139. The Bertz CT molecular complexity index is 454. The molecule has 24 heavy (non-hydrogen) atoms. The van der Waals surface area contributed by atoms with Crippen molar-refractivity contribution >= 4 is 36.9 Å². The molecule has 0 saturated carbocycles. The molecule has 0 unspecified atom stereocenters. The number of ether oxygens (including phenoxy) is 1. The fourth-order valence-electron chi connectivity index (χ4n) is 2.23. The highest BCUT2D eigenvalue weighted by Crippen LogP contribution is 2.14. The number of hydrogen-bond donors (Lipinski definition) is 0. The van der Waals surface area contributed by atoms with E-state index in [4.69, 9.17) is 4.74 Å². The fraction of sp³-hybridized carbons (Fsp3) is 0.812. The second-order valence-corrected chi connectivity index (χ2v) is 14.2. The maximum atomic E-state index is 12.2. The maximum Gasteiger partial charge on any atom is 0.329 e. The van der Waals surface area contributed by atoms with Crippen molar-refractivity contribution in [2.24, 2.45) is 0 Å². The Morgan fingerprint density at radius 3 is 2.54 bits per heavy atom. The third kappa shape index (κ3) is 8.30. The lowest BCUT2D eigenvalue weighted by Gasteiger charge is -2.19. The zero-order valence-electron chi connectivity index (χ0n) is 15.3. The highest BCUT2D eigenvalue weighted by atomic mass is 32.2. The standard InChI is InChI=1S/C16H30N2O4SSi/c1-14(19)23-10-7-5-6-8-17-12-15(20)18(16(17)21)13-22-9-11-24(2,3)4/h5-13H2,1-4H3. The molecule has 1 heterocycles. The third-order valence-corrected chi connectivity index (χ3v) is 6.33. The number of hydrogen-bond acceptors (Lipinski definition) is 5. The molecule has 0 aromatic rings. The molecule has 0 N–H and O–H groups in total. The van der Waals surface area contributed by atoms with Crippen LogP contribution in [0.1, 0.15) is 26.2 Å². The predicted octanol–water partition coefficient (Wildman–Crippen LogP) is 3.01. The van der Waals surface area contributed by atoms with Crippen LogP contribution in [0.4, 0.5) is 4.79 Å². The average molecular weight is 375 g/mol. The summed E-state index contributed by atoms with van der Waals surface area (Å²) in [7, 11) is -1.16. The van der Waals surface area contributed by atoms with E-state index in [9.17, 15) is 14.4 Å². The number of unbranched alkanes of at least 4 members (excludes halogenated alkanes) is 2. The monoisotopic (exact) mass is 374 g/mol. The number of carbonyl (C=O) groups excluding carboxylic acids is 3. The van der Waals surface area contributed by atoms with Crippen LogP contribution in [-0.4, -0.2) is 67.1 Å². The molecule has 1 aliphatic rings. The van der Waals surface area contributed by atoms with Crippen LogP contribution in [-0.2, 0) is 14.3 Å². The number of amides is 3. The molecule has 8 heteroatoms. The van der Waals surface area contributed by atoms with Gasteiger partial charge < -0.3 is 9.64 Å². The molecule has 1 rings (SSSR count). The lowest BCUT2D eigenvalue weighted by molar-refractivity contribution is -0.128.